The predicted molar refractivity (Wildman–Crippen MR) is 71.1 cm³/mol. The van der Waals surface area contributed by atoms with Crippen LogP contribution < -0.4 is 0 Å². The largest absolute Gasteiger partial charge is 0.508 e. The molecule has 4 heteroatoms. The average Bonchev–Trinajstić information content (AvgIpc) is 2.61. The van der Waals surface area contributed by atoms with Crippen molar-refractivity contribution in [2.45, 2.75) is 6.92 Å². The van der Waals surface area contributed by atoms with E-state index in [-0.39, 0.29) is 11.7 Å². The first-order valence-corrected chi connectivity index (χ1v) is 5.62. The third-order valence-electron chi connectivity index (χ3n) is 2.61. The summed E-state index contributed by atoms with van der Waals surface area (Å²) in [5, 5.41) is 9.19. The Labute approximate surface area is 106 Å². The van der Waals surface area contributed by atoms with E-state index in [2.05, 4.69) is 4.99 Å². The zero-order chi connectivity index (χ0) is 13.1. The minimum atomic E-state index is -0.129. The predicted octanol–water partition coefficient (Wildman–Crippen LogP) is 2.18. The van der Waals surface area contributed by atoms with Gasteiger partial charge in [-0.3, -0.25) is 9.69 Å². The van der Waals surface area contributed by atoms with Gasteiger partial charge < -0.3 is 5.11 Å². The average molecular weight is 242 g/mol. The third kappa shape index (κ3) is 2.32. The molecular formula is C14H14N2O2. The number of phenols is 1. The summed E-state index contributed by atoms with van der Waals surface area (Å²) >= 11 is 0. The normalized spacial score (nSPS) is 17.9. The first-order valence-electron chi connectivity index (χ1n) is 5.62. The molecule has 0 bridgehead atoms. The van der Waals surface area contributed by atoms with Gasteiger partial charge in [0, 0.05) is 7.05 Å². The highest BCUT2D eigenvalue weighted by molar-refractivity contribution is 6.17. The Morgan fingerprint density at radius 2 is 1.94 bits per heavy atom. The number of nitrogens with zero attached hydrogens (tertiary/aromatic N) is 2. The third-order valence-corrected chi connectivity index (χ3v) is 2.61. The molecule has 0 aromatic heterocycles. The van der Waals surface area contributed by atoms with Gasteiger partial charge in [-0.2, -0.15) is 0 Å². The minimum Gasteiger partial charge on any atom is -0.508 e. The van der Waals surface area contributed by atoms with Crippen molar-refractivity contribution < 1.29 is 9.90 Å². The lowest BCUT2D eigenvalue weighted by atomic mass is 10.2. The quantitative estimate of drug-likeness (QED) is 0.808. The second-order valence-corrected chi connectivity index (χ2v) is 3.96. The summed E-state index contributed by atoms with van der Waals surface area (Å²) < 4.78 is 0. The van der Waals surface area contributed by atoms with Crippen molar-refractivity contribution in [3.63, 3.8) is 0 Å². The maximum atomic E-state index is 11.9. The number of phenolic OH excluding ortho intramolecular Hbond substituents is 1. The molecule has 1 aliphatic heterocycles. The lowest BCUT2D eigenvalue weighted by molar-refractivity contribution is -0.121. The van der Waals surface area contributed by atoms with Crippen molar-refractivity contribution in [3.8, 4) is 5.75 Å². The summed E-state index contributed by atoms with van der Waals surface area (Å²) in [6.07, 6.45) is 5.33. The molecule has 18 heavy (non-hydrogen) atoms. The maximum Gasteiger partial charge on any atom is 0.277 e. The van der Waals surface area contributed by atoms with Crippen LogP contribution in [-0.2, 0) is 4.79 Å². The molecule has 1 N–H and O–H groups in total. The monoisotopic (exact) mass is 242 g/mol. The van der Waals surface area contributed by atoms with Crippen molar-refractivity contribution in [3.05, 3.63) is 47.7 Å². The van der Waals surface area contributed by atoms with Crippen molar-refractivity contribution in [1.29, 1.82) is 0 Å². The standard InChI is InChI=1S/C14H14N2O2/c1-3-4-13-15-12(14(18)16(13)2)9-10-5-7-11(17)8-6-10/h3-9,17H,1-2H3/b4-3+,12-9+. The van der Waals surface area contributed by atoms with Crippen LogP contribution in [0.4, 0.5) is 0 Å². The van der Waals surface area contributed by atoms with Crippen molar-refractivity contribution in [1.82, 2.24) is 4.90 Å². The van der Waals surface area contributed by atoms with Crippen LogP contribution in [0.3, 0.4) is 0 Å². The number of carbonyl (C=O) groups excluding carboxylic acids is 1. The molecule has 0 saturated carbocycles. The molecule has 1 aromatic rings. The van der Waals surface area contributed by atoms with Gasteiger partial charge in [-0.1, -0.05) is 18.2 Å². The van der Waals surface area contributed by atoms with Crippen LogP contribution in [0.1, 0.15) is 12.5 Å². The van der Waals surface area contributed by atoms with Crippen LogP contribution in [0.2, 0.25) is 0 Å². The Kier molecular flexibility index (Phi) is 3.28. The van der Waals surface area contributed by atoms with Gasteiger partial charge in [0.05, 0.1) is 0 Å². The molecule has 0 atom stereocenters. The Balaban J connectivity index is 2.33. The van der Waals surface area contributed by atoms with Gasteiger partial charge >= 0.3 is 0 Å². The number of rotatable bonds is 2. The van der Waals surface area contributed by atoms with Crippen LogP contribution in [0, 0.1) is 0 Å². The fourth-order valence-corrected chi connectivity index (χ4v) is 1.64. The van der Waals surface area contributed by atoms with E-state index in [0.717, 1.165) is 5.56 Å². The number of carbonyl (C=O) groups is 1. The number of allylic oxidation sites excluding steroid dienone is 1. The molecule has 0 fully saturated rings. The number of hydrogen-bond acceptors (Lipinski definition) is 3. The molecular weight excluding hydrogens is 228 g/mol. The molecule has 92 valence electrons. The summed E-state index contributed by atoms with van der Waals surface area (Å²) in [5.74, 6) is 0.703. The zero-order valence-corrected chi connectivity index (χ0v) is 10.3. The number of likely N-dealkylation sites (N-methyl/N-ethyl adjacent to an activating group) is 1. The Hall–Kier alpha value is -2.36. The fraction of sp³-hybridized carbons (Fsp3) is 0.143. The van der Waals surface area contributed by atoms with Crippen LogP contribution in [0.5, 0.6) is 5.75 Å². The van der Waals surface area contributed by atoms with E-state index in [0.29, 0.717) is 11.5 Å². The van der Waals surface area contributed by atoms with Crippen molar-refractivity contribution in [2.75, 3.05) is 7.05 Å². The van der Waals surface area contributed by atoms with Gasteiger partial charge in [0.15, 0.2) is 0 Å². The highest BCUT2D eigenvalue weighted by atomic mass is 16.3. The molecule has 1 heterocycles. The topological polar surface area (TPSA) is 52.9 Å². The summed E-state index contributed by atoms with van der Waals surface area (Å²) in [6, 6.07) is 6.62. The van der Waals surface area contributed by atoms with E-state index in [1.807, 2.05) is 13.0 Å². The van der Waals surface area contributed by atoms with Crippen LogP contribution in [0.25, 0.3) is 6.08 Å². The van der Waals surface area contributed by atoms with E-state index in [1.54, 1.807) is 43.5 Å². The first-order chi connectivity index (χ1) is 8.61. The second-order valence-electron chi connectivity index (χ2n) is 3.96. The number of aromatic hydroxyl groups is 1. The van der Waals surface area contributed by atoms with Gasteiger partial charge in [0.1, 0.15) is 17.3 Å². The van der Waals surface area contributed by atoms with E-state index in [9.17, 15) is 9.90 Å². The molecule has 0 radical (unpaired) electrons. The van der Waals surface area contributed by atoms with Gasteiger partial charge in [-0.05, 0) is 36.8 Å². The SMILES string of the molecule is C/C=C/C1=NC(=C/c2ccc(O)cc2)/C(=O)N1C. The summed E-state index contributed by atoms with van der Waals surface area (Å²) in [7, 11) is 1.69. The summed E-state index contributed by atoms with van der Waals surface area (Å²) in [4.78, 5) is 17.7. The highest BCUT2D eigenvalue weighted by Gasteiger charge is 2.24. The molecule has 0 saturated heterocycles. The van der Waals surface area contributed by atoms with Gasteiger partial charge in [-0.25, -0.2) is 4.99 Å². The Morgan fingerprint density at radius 3 is 2.56 bits per heavy atom. The van der Waals surface area contributed by atoms with Crippen molar-refractivity contribution in [2.24, 2.45) is 4.99 Å². The number of amides is 1. The molecule has 1 amide bonds. The van der Waals surface area contributed by atoms with Gasteiger partial charge in [-0.15, -0.1) is 0 Å². The molecule has 0 unspecified atom stereocenters. The highest BCUT2D eigenvalue weighted by Crippen LogP contribution is 2.18. The van der Waals surface area contributed by atoms with Crippen LogP contribution >= 0.6 is 0 Å². The Bertz CT molecular complexity index is 554. The van der Waals surface area contributed by atoms with E-state index in [1.165, 1.54) is 4.90 Å². The molecule has 0 spiro atoms. The van der Waals surface area contributed by atoms with Gasteiger partial charge in [0.2, 0.25) is 0 Å². The number of amidine groups is 1. The molecule has 1 aromatic carbocycles. The molecule has 1 aliphatic rings. The number of aliphatic imine (C=N–C) groups is 1. The number of benzene rings is 1. The van der Waals surface area contributed by atoms with Crippen LogP contribution in [-0.4, -0.2) is 28.8 Å². The van der Waals surface area contributed by atoms with E-state index in [4.69, 9.17) is 0 Å². The Morgan fingerprint density at radius 1 is 1.28 bits per heavy atom. The lowest BCUT2D eigenvalue weighted by Gasteiger charge is -2.06. The fourth-order valence-electron chi connectivity index (χ4n) is 1.64. The second kappa shape index (κ2) is 4.87. The molecule has 4 nitrogen and oxygen atoms in total. The number of hydrogen-bond donors (Lipinski definition) is 1. The summed E-state index contributed by atoms with van der Waals surface area (Å²) in [5.41, 5.74) is 1.23. The summed E-state index contributed by atoms with van der Waals surface area (Å²) in [6.45, 7) is 1.88. The van der Waals surface area contributed by atoms with E-state index >= 15 is 0 Å². The first kappa shape index (κ1) is 12.1. The zero-order valence-electron chi connectivity index (χ0n) is 10.3. The minimum absolute atomic E-state index is 0.129. The molecule has 2 rings (SSSR count). The van der Waals surface area contributed by atoms with Crippen LogP contribution in [0.15, 0.2) is 47.1 Å². The molecule has 0 aliphatic carbocycles. The smallest absolute Gasteiger partial charge is 0.277 e. The van der Waals surface area contributed by atoms with Crippen molar-refractivity contribution >= 4 is 17.8 Å². The maximum absolute atomic E-state index is 11.9. The van der Waals surface area contributed by atoms with E-state index < -0.39 is 0 Å². The lowest BCUT2D eigenvalue weighted by Crippen LogP contribution is -2.26. The van der Waals surface area contributed by atoms with Gasteiger partial charge in [0.25, 0.3) is 5.91 Å².